The van der Waals surface area contributed by atoms with Crippen molar-refractivity contribution in [2.75, 3.05) is 13.2 Å². The van der Waals surface area contributed by atoms with Crippen molar-refractivity contribution in [3.63, 3.8) is 0 Å². The van der Waals surface area contributed by atoms with Gasteiger partial charge in [0.25, 0.3) is 0 Å². The zero-order valence-electron chi connectivity index (χ0n) is 7.26. The van der Waals surface area contributed by atoms with Gasteiger partial charge in [0.15, 0.2) is 0 Å². The molecule has 0 amide bonds. The minimum Gasteiger partial charge on any atom is -0.464 e. The Morgan fingerprint density at radius 2 is 2.36 bits per heavy atom. The van der Waals surface area contributed by atoms with E-state index in [1.165, 1.54) is 0 Å². The Morgan fingerprint density at radius 3 is 2.93 bits per heavy atom. The number of aryl methyl sites for hydroxylation is 1. The summed E-state index contributed by atoms with van der Waals surface area (Å²) < 4.78 is 13.2. The summed E-state index contributed by atoms with van der Waals surface area (Å²) in [5.74, 6) is -1.38. The molecule has 7 heteroatoms. The van der Waals surface area contributed by atoms with Crippen molar-refractivity contribution in [2.45, 2.75) is 12.8 Å². The highest BCUT2D eigenvalue weighted by molar-refractivity contribution is 5.70. The van der Waals surface area contributed by atoms with Crippen molar-refractivity contribution in [1.29, 1.82) is 0 Å². The fraction of sp³-hybridized carbons (Fsp3) is 0.571. The van der Waals surface area contributed by atoms with E-state index in [1.54, 1.807) is 0 Å². The Bertz CT molecular complexity index is 340. The number of carbonyl (C=O) groups excluding carboxylic acids is 1. The normalized spacial score (nSPS) is 10.1. The predicted octanol–water partition coefficient (Wildman–Crippen LogP) is -0.904. The average Bonchev–Trinajstić information content (AvgIpc) is 2.58. The maximum atomic E-state index is 10.4. The molecule has 0 fully saturated rings. The fourth-order valence-electron chi connectivity index (χ4n) is 0.773. The molecule has 0 aliphatic heterocycles. The fourth-order valence-corrected chi connectivity index (χ4v) is 0.773. The van der Waals surface area contributed by atoms with Gasteiger partial charge in [-0.1, -0.05) is 0 Å². The minimum absolute atomic E-state index is 0.135. The summed E-state index contributed by atoms with van der Waals surface area (Å²) in [5, 5.41) is 11.6. The van der Waals surface area contributed by atoms with E-state index in [4.69, 9.17) is 5.11 Å². The maximum Gasteiger partial charge on any atom is 0.542 e. The van der Waals surface area contributed by atoms with E-state index in [9.17, 15) is 9.59 Å². The van der Waals surface area contributed by atoms with Crippen LogP contribution in [0.25, 0.3) is 0 Å². The number of aromatic nitrogens is 1. The van der Waals surface area contributed by atoms with Gasteiger partial charge in [-0.25, -0.2) is 9.59 Å². The second-order valence-electron chi connectivity index (χ2n) is 2.41. The molecule has 7 nitrogen and oxygen atoms in total. The lowest BCUT2D eigenvalue weighted by molar-refractivity contribution is -0.146. The van der Waals surface area contributed by atoms with Crippen molar-refractivity contribution in [1.82, 2.24) is 5.16 Å². The summed E-state index contributed by atoms with van der Waals surface area (Å²) in [6.45, 7) is -0.505. The van der Waals surface area contributed by atoms with E-state index in [1.807, 2.05) is 0 Å². The third-order valence-electron chi connectivity index (χ3n) is 1.35. The number of hydrogen-bond acceptors (Lipinski definition) is 7. The molecule has 14 heavy (non-hydrogen) atoms. The number of esters is 1. The van der Waals surface area contributed by atoms with E-state index in [0.29, 0.717) is 12.8 Å². The highest BCUT2D eigenvalue weighted by atomic mass is 16.6. The Balaban J connectivity index is 2.16. The molecule has 0 atom stereocenters. The van der Waals surface area contributed by atoms with E-state index in [0.717, 1.165) is 0 Å². The number of aliphatic hydroxyl groups is 1. The van der Waals surface area contributed by atoms with Gasteiger partial charge in [-0.05, 0) is 11.6 Å². The van der Waals surface area contributed by atoms with Gasteiger partial charge in [-0.2, -0.15) is 0 Å². The molecule has 1 heterocycles. The van der Waals surface area contributed by atoms with Gasteiger partial charge in [0, 0.05) is 6.42 Å². The standard InChI is InChI=1S/C7H9NO6/c9-4-6(10)12-3-1-2-5-8-14-7(11)13-5/h9H,1-4H2. The molecule has 1 N–H and O–H groups in total. The smallest absolute Gasteiger partial charge is 0.464 e. The number of nitrogens with zero attached hydrogens (tertiary/aromatic N) is 1. The molecule has 0 aliphatic rings. The number of aliphatic hydroxyl groups excluding tert-OH is 1. The van der Waals surface area contributed by atoms with E-state index in [2.05, 4.69) is 18.8 Å². The summed E-state index contributed by atoms with van der Waals surface area (Å²) in [7, 11) is 0. The Morgan fingerprint density at radius 1 is 1.57 bits per heavy atom. The first kappa shape index (κ1) is 10.5. The van der Waals surface area contributed by atoms with Crippen molar-refractivity contribution >= 4 is 5.97 Å². The van der Waals surface area contributed by atoms with Crippen LogP contribution in [0, 0.1) is 0 Å². The first-order chi connectivity index (χ1) is 6.72. The monoisotopic (exact) mass is 203 g/mol. The van der Waals surface area contributed by atoms with Gasteiger partial charge >= 0.3 is 11.8 Å². The van der Waals surface area contributed by atoms with Crippen molar-refractivity contribution < 1.29 is 23.6 Å². The van der Waals surface area contributed by atoms with Gasteiger partial charge < -0.3 is 14.3 Å². The molecule has 0 aliphatic carbocycles. The Labute approximate surface area is 78.3 Å². The second-order valence-corrected chi connectivity index (χ2v) is 2.41. The Hall–Kier alpha value is -1.63. The summed E-state index contributed by atoms with van der Waals surface area (Å²) >= 11 is 0. The van der Waals surface area contributed by atoms with Crippen LogP contribution in [0.5, 0.6) is 0 Å². The molecular formula is C7H9NO6. The molecule has 0 bridgehead atoms. The zero-order valence-corrected chi connectivity index (χ0v) is 7.26. The van der Waals surface area contributed by atoms with Crippen molar-refractivity contribution in [3.8, 4) is 0 Å². The molecule has 0 aromatic carbocycles. The van der Waals surface area contributed by atoms with Gasteiger partial charge in [0.05, 0.1) is 6.61 Å². The lowest BCUT2D eigenvalue weighted by Gasteiger charge is -1.99. The molecule has 1 rings (SSSR count). The molecule has 78 valence electrons. The molecule has 0 radical (unpaired) electrons. The number of ether oxygens (including phenoxy) is 1. The predicted molar refractivity (Wildman–Crippen MR) is 41.4 cm³/mol. The molecule has 0 saturated heterocycles. The van der Waals surface area contributed by atoms with Crippen LogP contribution >= 0.6 is 0 Å². The molecule has 1 aromatic rings. The molecule has 0 saturated carbocycles. The van der Waals surface area contributed by atoms with Crippen LogP contribution in [-0.2, 0) is 16.0 Å². The van der Waals surface area contributed by atoms with Crippen LogP contribution in [-0.4, -0.2) is 29.4 Å². The van der Waals surface area contributed by atoms with Crippen LogP contribution < -0.4 is 5.82 Å². The number of hydrogen-bond donors (Lipinski definition) is 1. The van der Waals surface area contributed by atoms with E-state index in [-0.39, 0.29) is 12.5 Å². The highest BCUT2D eigenvalue weighted by Crippen LogP contribution is 1.96. The topological polar surface area (TPSA) is 103 Å². The van der Waals surface area contributed by atoms with Crippen LogP contribution in [0.3, 0.4) is 0 Å². The third-order valence-corrected chi connectivity index (χ3v) is 1.35. The summed E-state index contributed by atoms with van der Waals surface area (Å²) in [6, 6.07) is 0. The number of carbonyl (C=O) groups is 1. The van der Waals surface area contributed by atoms with Crippen LogP contribution in [0.1, 0.15) is 12.3 Å². The highest BCUT2D eigenvalue weighted by Gasteiger charge is 2.04. The quantitative estimate of drug-likeness (QED) is 0.488. The molecule has 0 unspecified atom stereocenters. The van der Waals surface area contributed by atoms with Gasteiger partial charge in [-0.3, -0.25) is 4.52 Å². The lowest BCUT2D eigenvalue weighted by atomic mass is 10.3. The lowest BCUT2D eigenvalue weighted by Crippen LogP contribution is -2.10. The molecule has 0 spiro atoms. The van der Waals surface area contributed by atoms with Crippen molar-refractivity contribution in [2.24, 2.45) is 0 Å². The second kappa shape index (κ2) is 5.18. The van der Waals surface area contributed by atoms with Crippen LogP contribution in [0.4, 0.5) is 0 Å². The summed E-state index contributed by atoms with van der Waals surface area (Å²) in [6.07, 6.45) is 0.783. The first-order valence-corrected chi connectivity index (χ1v) is 3.94. The molecular weight excluding hydrogens is 194 g/mol. The van der Waals surface area contributed by atoms with Crippen molar-refractivity contribution in [3.05, 3.63) is 16.5 Å². The van der Waals surface area contributed by atoms with E-state index < -0.39 is 18.4 Å². The Kier molecular flexibility index (Phi) is 3.86. The first-order valence-electron chi connectivity index (χ1n) is 3.94. The van der Waals surface area contributed by atoms with Crippen LogP contribution in [0.15, 0.2) is 13.7 Å². The van der Waals surface area contributed by atoms with E-state index >= 15 is 0 Å². The third kappa shape index (κ3) is 3.40. The number of rotatable bonds is 5. The summed E-state index contributed by atoms with van der Waals surface area (Å²) in [4.78, 5) is 20.8. The molecule has 1 aromatic heterocycles. The average molecular weight is 203 g/mol. The van der Waals surface area contributed by atoms with Crippen LogP contribution in [0.2, 0.25) is 0 Å². The maximum absolute atomic E-state index is 10.4. The SMILES string of the molecule is O=C(CO)OCCCc1noc(=O)o1. The minimum atomic E-state index is -0.854. The largest absolute Gasteiger partial charge is 0.542 e. The van der Waals surface area contributed by atoms with Gasteiger partial charge in [0.1, 0.15) is 6.61 Å². The van der Waals surface area contributed by atoms with Gasteiger partial charge in [0.2, 0.25) is 5.89 Å². The zero-order chi connectivity index (χ0) is 10.4. The van der Waals surface area contributed by atoms with Gasteiger partial charge in [-0.15, -0.1) is 0 Å². The summed E-state index contributed by atoms with van der Waals surface area (Å²) in [5.41, 5.74) is 0.